The molecule has 0 aliphatic rings. The molecule has 0 amide bonds. The molecule has 1 aromatic heterocycles. The Hall–Kier alpha value is -1.62. The van der Waals surface area contributed by atoms with Gasteiger partial charge < -0.3 is 0 Å². The lowest BCUT2D eigenvalue weighted by Gasteiger charge is -2.08. The van der Waals surface area contributed by atoms with Crippen molar-refractivity contribution >= 4 is 17.3 Å². The molecule has 0 N–H and O–H groups in total. The quantitative estimate of drug-likeness (QED) is 0.805. The van der Waals surface area contributed by atoms with Crippen LogP contribution in [-0.2, 0) is 0 Å². The number of rotatable bonds is 3. The number of aromatic nitrogens is 2. The van der Waals surface area contributed by atoms with E-state index in [0.29, 0.717) is 16.1 Å². The predicted molar refractivity (Wildman–Crippen MR) is 73.3 cm³/mol. The molecule has 0 saturated carbocycles. The van der Waals surface area contributed by atoms with E-state index in [-0.39, 0.29) is 17.3 Å². The van der Waals surface area contributed by atoms with Crippen molar-refractivity contribution in [3.8, 4) is 0 Å². The highest BCUT2D eigenvalue weighted by molar-refractivity contribution is 7.08. The molecule has 19 heavy (non-hydrogen) atoms. The number of carbonyl (C=O) groups excluding carboxylic acids is 1. The average molecular weight is 278 g/mol. The number of nitrogens with zero attached hydrogens (tertiary/aromatic N) is 2. The Labute approximate surface area is 115 Å². The van der Waals surface area contributed by atoms with E-state index in [2.05, 4.69) is 9.59 Å². The van der Waals surface area contributed by atoms with Crippen LogP contribution < -0.4 is 0 Å². The fourth-order valence-electron chi connectivity index (χ4n) is 2.05. The van der Waals surface area contributed by atoms with Crippen LogP contribution >= 0.6 is 11.5 Å². The number of carbonyl (C=O) groups is 1. The van der Waals surface area contributed by atoms with Crippen molar-refractivity contribution < 1.29 is 9.18 Å². The Kier molecular flexibility index (Phi) is 3.75. The first-order chi connectivity index (χ1) is 8.91. The molecule has 0 bridgehead atoms. The molecule has 1 heterocycles. The highest BCUT2D eigenvalue weighted by atomic mass is 32.1. The van der Waals surface area contributed by atoms with Gasteiger partial charge in [0, 0.05) is 0 Å². The summed E-state index contributed by atoms with van der Waals surface area (Å²) in [6.45, 7) is 7.42. The molecule has 0 saturated heterocycles. The molecule has 0 radical (unpaired) electrons. The maximum atomic E-state index is 14.0. The minimum Gasteiger partial charge on any atom is -0.287 e. The summed E-state index contributed by atoms with van der Waals surface area (Å²) in [5, 5.41) is 3.96. The van der Waals surface area contributed by atoms with Crippen molar-refractivity contribution in [2.24, 2.45) is 0 Å². The van der Waals surface area contributed by atoms with Crippen molar-refractivity contribution in [3.63, 3.8) is 0 Å². The van der Waals surface area contributed by atoms with Crippen molar-refractivity contribution in [2.75, 3.05) is 0 Å². The van der Waals surface area contributed by atoms with Crippen molar-refractivity contribution in [1.82, 2.24) is 9.59 Å². The zero-order valence-electron chi connectivity index (χ0n) is 11.3. The molecule has 3 nitrogen and oxygen atoms in total. The summed E-state index contributed by atoms with van der Waals surface area (Å²) in [6.07, 6.45) is 0. The third kappa shape index (κ3) is 2.56. The van der Waals surface area contributed by atoms with Crippen LogP contribution in [0.3, 0.4) is 0 Å². The molecule has 0 spiro atoms. The third-order valence-corrected chi connectivity index (χ3v) is 3.67. The summed E-state index contributed by atoms with van der Waals surface area (Å²) in [6, 6.07) is 3.18. The first kappa shape index (κ1) is 13.8. The maximum Gasteiger partial charge on any atom is 0.209 e. The first-order valence-corrected chi connectivity index (χ1v) is 6.82. The summed E-state index contributed by atoms with van der Waals surface area (Å²) in [5.74, 6) is -0.717. The van der Waals surface area contributed by atoms with Crippen LogP contribution in [0.4, 0.5) is 4.39 Å². The Bertz CT molecular complexity index is 611. The second-order valence-corrected chi connectivity index (χ2v) is 5.66. The highest BCUT2D eigenvalue weighted by Crippen LogP contribution is 2.26. The molecule has 0 unspecified atom stereocenters. The molecule has 100 valence electrons. The molecule has 0 fully saturated rings. The lowest BCUT2D eigenvalue weighted by Crippen LogP contribution is -2.09. The molecule has 2 aromatic rings. The van der Waals surface area contributed by atoms with Crippen molar-refractivity contribution in [3.05, 3.63) is 45.2 Å². The Balaban J connectivity index is 2.54. The zero-order valence-corrected chi connectivity index (χ0v) is 12.1. The second-order valence-electron chi connectivity index (χ2n) is 4.91. The van der Waals surface area contributed by atoms with Crippen LogP contribution in [0.1, 0.15) is 51.8 Å². The molecule has 0 aliphatic heterocycles. The van der Waals surface area contributed by atoms with Gasteiger partial charge in [0.15, 0.2) is 0 Å². The number of benzene rings is 1. The number of aryl methyl sites for hydroxylation is 2. The van der Waals surface area contributed by atoms with E-state index >= 15 is 0 Å². The van der Waals surface area contributed by atoms with Crippen molar-refractivity contribution in [2.45, 2.75) is 33.6 Å². The highest BCUT2D eigenvalue weighted by Gasteiger charge is 2.24. The van der Waals surface area contributed by atoms with E-state index in [1.807, 2.05) is 13.8 Å². The molecule has 1 aromatic carbocycles. The number of hydrogen-bond acceptors (Lipinski definition) is 4. The van der Waals surface area contributed by atoms with E-state index in [0.717, 1.165) is 17.1 Å². The van der Waals surface area contributed by atoms with E-state index < -0.39 is 5.82 Å². The second kappa shape index (κ2) is 5.17. The number of hydrogen-bond donors (Lipinski definition) is 0. The van der Waals surface area contributed by atoms with Gasteiger partial charge in [0.1, 0.15) is 10.7 Å². The van der Waals surface area contributed by atoms with E-state index in [9.17, 15) is 9.18 Å². The van der Waals surface area contributed by atoms with Crippen LogP contribution in [-0.4, -0.2) is 15.4 Å². The smallest absolute Gasteiger partial charge is 0.209 e. The molecule has 0 aliphatic carbocycles. The van der Waals surface area contributed by atoms with Crippen LogP contribution in [0.2, 0.25) is 0 Å². The fraction of sp³-hybridized carbons (Fsp3) is 0.357. The number of ketones is 1. The van der Waals surface area contributed by atoms with Gasteiger partial charge >= 0.3 is 0 Å². The predicted octanol–water partition coefficient (Wildman–Crippen LogP) is 3.65. The maximum absolute atomic E-state index is 14.0. The molecular formula is C14H15FN2OS. The Morgan fingerprint density at radius 3 is 2.58 bits per heavy atom. The molecule has 0 atom stereocenters. The lowest BCUT2D eigenvalue weighted by atomic mass is 9.98. The minimum atomic E-state index is -0.481. The monoisotopic (exact) mass is 278 g/mol. The lowest BCUT2D eigenvalue weighted by molar-refractivity contribution is 0.103. The fourth-order valence-corrected chi connectivity index (χ4v) is 2.82. The largest absolute Gasteiger partial charge is 0.287 e. The van der Waals surface area contributed by atoms with Crippen LogP contribution in [0, 0.1) is 19.7 Å². The summed E-state index contributed by atoms with van der Waals surface area (Å²) in [4.78, 5) is 12.9. The summed E-state index contributed by atoms with van der Waals surface area (Å²) >= 11 is 1.03. The van der Waals surface area contributed by atoms with Gasteiger partial charge in [-0.05, 0) is 48.5 Å². The molecule has 2 rings (SSSR count). The molecular weight excluding hydrogens is 263 g/mol. The standard InChI is InChI=1S/C14H15FN2OS/c1-7(2)12-14(19-17-16-12)13(18)11-9(4)5-8(3)6-10(11)15/h5-7H,1-4H3. The van der Waals surface area contributed by atoms with Crippen LogP contribution in [0.15, 0.2) is 12.1 Å². The van der Waals surface area contributed by atoms with Gasteiger partial charge in [0.25, 0.3) is 0 Å². The number of halogens is 1. The van der Waals surface area contributed by atoms with Gasteiger partial charge in [-0.1, -0.05) is 24.4 Å². The van der Waals surface area contributed by atoms with Crippen LogP contribution in [0.5, 0.6) is 0 Å². The zero-order chi connectivity index (χ0) is 14.2. The topological polar surface area (TPSA) is 42.9 Å². The summed E-state index contributed by atoms with van der Waals surface area (Å²) < 4.78 is 17.8. The normalized spacial score (nSPS) is 11.1. The van der Waals surface area contributed by atoms with E-state index in [4.69, 9.17) is 0 Å². The van der Waals surface area contributed by atoms with Gasteiger partial charge in [-0.15, -0.1) is 5.10 Å². The SMILES string of the molecule is Cc1cc(C)c(C(=O)c2snnc2C(C)C)c(F)c1. The van der Waals surface area contributed by atoms with Gasteiger partial charge in [-0.2, -0.15) is 0 Å². The Morgan fingerprint density at radius 1 is 1.32 bits per heavy atom. The minimum absolute atomic E-state index is 0.0894. The van der Waals surface area contributed by atoms with Crippen molar-refractivity contribution in [1.29, 1.82) is 0 Å². The summed E-state index contributed by atoms with van der Waals surface area (Å²) in [7, 11) is 0. The van der Waals surface area contributed by atoms with Gasteiger partial charge in [-0.25, -0.2) is 4.39 Å². The first-order valence-electron chi connectivity index (χ1n) is 6.05. The van der Waals surface area contributed by atoms with E-state index in [1.54, 1.807) is 19.9 Å². The summed E-state index contributed by atoms with van der Waals surface area (Å²) in [5.41, 5.74) is 2.21. The van der Waals surface area contributed by atoms with Gasteiger partial charge in [0.05, 0.1) is 11.3 Å². The average Bonchev–Trinajstić information content (AvgIpc) is 2.75. The van der Waals surface area contributed by atoms with E-state index in [1.165, 1.54) is 6.07 Å². The Morgan fingerprint density at radius 2 is 2.00 bits per heavy atom. The third-order valence-electron chi connectivity index (χ3n) is 2.93. The van der Waals surface area contributed by atoms with Gasteiger partial charge in [0.2, 0.25) is 5.78 Å². The van der Waals surface area contributed by atoms with Crippen LogP contribution in [0.25, 0.3) is 0 Å². The van der Waals surface area contributed by atoms with Gasteiger partial charge in [-0.3, -0.25) is 4.79 Å². The molecule has 5 heteroatoms.